The third-order valence-corrected chi connectivity index (χ3v) is 5.05. The molecule has 0 saturated heterocycles. The largest absolute Gasteiger partial charge is 0.481 e. The minimum Gasteiger partial charge on any atom is -0.481 e. The highest BCUT2D eigenvalue weighted by Crippen LogP contribution is 2.18. The number of aliphatic carboxylic acids is 1. The summed E-state index contributed by atoms with van der Waals surface area (Å²) in [5.74, 6) is -1.53. The van der Waals surface area contributed by atoms with Crippen LogP contribution in [0.2, 0.25) is 0 Å². The second-order valence-electron chi connectivity index (χ2n) is 7.71. The molecule has 11 heteroatoms. The zero-order valence-corrected chi connectivity index (χ0v) is 18.8. The van der Waals surface area contributed by atoms with E-state index in [0.29, 0.717) is 23.4 Å². The number of furan rings is 1. The van der Waals surface area contributed by atoms with Gasteiger partial charge in [-0.1, -0.05) is 12.1 Å². The first-order chi connectivity index (χ1) is 17.4. The number of nitrogens with one attached hydrogen (secondary N) is 3. The molecule has 2 aromatic carbocycles. The van der Waals surface area contributed by atoms with E-state index in [9.17, 15) is 19.2 Å². The van der Waals surface area contributed by atoms with Crippen molar-refractivity contribution in [2.24, 2.45) is 0 Å². The van der Waals surface area contributed by atoms with E-state index in [1.807, 2.05) is 24.3 Å². The van der Waals surface area contributed by atoms with Crippen LogP contribution in [0.25, 0.3) is 11.0 Å². The summed E-state index contributed by atoms with van der Waals surface area (Å²) in [7, 11) is 0. The highest BCUT2D eigenvalue weighted by molar-refractivity contribution is 5.95. The summed E-state index contributed by atoms with van der Waals surface area (Å²) >= 11 is 0. The maximum atomic E-state index is 12.5. The molecule has 2 amide bonds. The van der Waals surface area contributed by atoms with Gasteiger partial charge in [-0.15, -0.1) is 0 Å². The number of carboxylic acid groups (broad SMARTS) is 1. The SMILES string of the molecule is O=C[C@H](CC(=O)O)NC(=O)c1ccc(CNC(=O)c2ccc(Nc3cnc4ccccc4n3)cc2)o1. The van der Waals surface area contributed by atoms with Crippen LogP contribution in [0, 0.1) is 0 Å². The molecule has 0 aliphatic rings. The van der Waals surface area contributed by atoms with Crippen LogP contribution < -0.4 is 16.0 Å². The molecule has 4 N–H and O–H groups in total. The molecule has 2 aromatic heterocycles. The van der Waals surface area contributed by atoms with Crippen molar-refractivity contribution in [3.8, 4) is 0 Å². The van der Waals surface area contributed by atoms with E-state index in [2.05, 4.69) is 25.9 Å². The van der Waals surface area contributed by atoms with Crippen molar-refractivity contribution in [1.82, 2.24) is 20.6 Å². The maximum absolute atomic E-state index is 12.5. The number of carbonyl (C=O) groups excluding carboxylic acids is 3. The van der Waals surface area contributed by atoms with Gasteiger partial charge in [0, 0.05) is 11.3 Å². The normalized spacial score (nSPS) is 11.4. The summed E-state index contributed by atoms with van der Waals surface area (Å²) in [6.07, 6.45) is 1.43. The number of carboxylic acids is 1. The standard InChI is InChI=1S/C25H21N5O6/c31-14-17(11-23(32)33)29-25(35)21-10-9-18(36-21)12-27-24(34)15-5-7-16(8-6-15)28-22-13-26-19-3-1-2-4-20(19)30-22/h1-10,13-14,17H,11-12H2,(H,27,34)(H,28,30)(H,29,35)(H,32,33)/t17-/m0/s1. The lowest BCUT2D eigenvalue weighted by Crippen LogP contribution is -2.37. The third-order valence-electron chi connectivity index (χ3n) is 5.05. The molecule has 182 valence electrons. The molecule has 1 atom stereocenters. The fraction of sp³-hybridized carbons (Fsp3) is 0.120. The van der Waals surface area contributed by atoms with Crippen LogP contribution in [0.5, 0.6) is 0 Å². The first-order valence-electron chi connectivity index (χ1n) is 10.8. The Morgan fingerprint density at radius 3 is 2.44 bits per heavy atom. The van der Waals surface area contributed by atoms with Gasteiger partial charge in [-0.3, -0.25) is 19.4 Å². The quantitative estimate of drug-likeness (QED) is 0.246. The third kappa shape index (κ3) is 6.08. The van der Waals surface area contributed by atoms with Gasteiger partial charge in [0.1, 0.15) is 17.9 Å². The van der Waals surface area contributed by atoms with Crippen LogP contribution in [-0.4, -0.2) is 45.2 Å². The van der Waals surface area contributed by atoms with Crippen LogP contribution in [-0.2, 0) is 16.1 Å². The number of aldehydes is 1. The Labute approximate surface area is 204 Å². The molecule has 0 aliphatic carbocycles. The van der Waals surface area contributed by atoms with Crippen molar-refractivity contribution in [2.45, 2.75) is 19.0 Å². The number of fused-ring (bicyclic) bond motifs is 1. The van der Waals surface area contributed by atoms with E-state index in [1.165, 1.54) is 12.1 Å². The van der Waals surface area contributed by atoms with Gasteiger partial charge in [-0.05, 0) is 48.5 Å². The molecule has 0 spiro atoms. The molecular formula is C25H21N5O6. The number of amides is 2. The van der Waals surface area contributed by atoms with Crippen LogP contribution >= 0.6 is 0 Å². The lowest BCUT2D eigenvalue weighted by molar-refractivity contribution is -0.138. The molecule has 0 radical (unpaired) electrons. The van der Waals surface area contributed by atoms with Gasteiger partial charge in [0.05, 0.1) is 36.2 Å². The van der Waals surface area contributed by atoms with Crippen LogP contribution in [0.4, 0.5) is 11.5 Å². The molecule has 0 saturated carbocycles. The number of hydrogen-bond donors (Lipinski definition) is 4. The molecule has 4 aromatic rings. The van der Waals surface area contributed by atoms with Gasteiger partial charge in [-0.25, -0.2) is 4.98 Å². The van der Waals surface area contributed by atoms with Crippen molar-refractivity contribution in [1.29, 1.82) is 0 Å². The number of carbonyl (C=O) groups is 4. The minimum absolute atomic E-state index is 0.0189. The number of aromatic nitrogens is 2. The molecule has 11 nitrogen and oxygen atoms in total. The summed E-state index contributed by atoms with van der Waals surface area (Å²) in [5.41, 5.74) is 2.70. The topological polar surface area (TPSA) is 164 Å². The monoisotopic (exact) mass is 487 g/mol. The Morgan fingerprint density at radius 2 is 1.72 bits per heavy atom. The first-order valence-corrected chi connectivity index (χ1v) is 10.8. The summed E-state index contributed by atoms with van der Waals surface area (Å²) in [4.78, 5) is 55.1. The van der Waals surface area contributed by atoms with Crippen LogP contribution in [0.15, 0.2) is 71.3 Å². The molecule has 0 unspecified atom stereocenters. The Morgan fingerprint density at radius 1 is 0.972 bits per heavy atom. The van der Waals surface area contributed by atoms with Gasteiger partial charge in [0.2, 0.25) is 0 Å². The van der Waals surface area contributed by atoms with Crippen molar-refractivity contribution >= 4 is 46.6 Å². The number of hydrogen-bond acceptors (Lipinski definition) is 8. The van der Waals surface area contributed by atoms with Crippen molar-refractivity contribution in [2.75, 3.05) is 5.32 Å². The van der Waals surface area contributed by atoms with E-state index >= 15 is 0 Å². The molecule has 2 heterocycles. The van der Waals surface area contributed by atoms with E-state index in [0.717, 1.165) is 16.7 Å². The molecule has 0 aliphatic heterocycles. The highest BCUT2D eigenvalue weighted by Gasteiger charge is 2.19. The number of anilines is 2. The molecule has 0 bridgehead atoms. The van der Waals surface area contributed by atoms with Gasteiger partial charge in [0.25, 0.3) is 11.8 Å². The van der Waals surface area contributed by atoms with E-state index < -0.39 is 24.3 Å². The zero-order chi connectivity index (χ0) is 25.5. The van der Waals surface area contributed by atoms with E-state index in [-0.39, 0.29) is 18.2 Å². The number of nitrogens with zero attached hydrogens (tertiary/aromatic N) is 2. The number of benzene rings is 2. The fourth-order valence-corrected chi connectivity index (χ4v) is 3.30. The molecule has 36 heavy (non-hydrogen) atoms. The Hall–Kier alpha value is -5.06. The van der Waals surface area contributed by atoms with Crippen molar-refractivity contribution in [3.05, 3.63) is 83.9 Å². The summed E-state index contributed by atoms with van der Waals surface area (Å²) in [5, 5.41) is 16.9. The zero-order valence-electron chi connectivity index (χ0n) is 18.8. The Bertz CT molecular complexity index is 1420. The van der Waals surface area contributed by atoms with Gasteiger partial charge in [0.15, 0.2) is 5.76 Å². The number of para-hydroxylation sites is 2. The van der Waals surface area contributed by atoms with Gasteiger partial charge in [-0.2, -0.15) is 0 Å². The van der Waals surface area contributed by atoms with Crippen LogP contribution in [0.3, 0.4) is 0 Å². The summed E-state index contributed by atoms with van der Waals surface area (Å²) < 4.78 is 5.39. The highest BCUT2D eigenvalue weighted by atomic mass is 16.4. The second-order valence-corrected chi connectivity index (χ2v) is 7.71. The van der Waals surface area contributed by atoms with Crippen LogP contribution in [0.1, 0.15) is 33.1 Å². The Balaban J connectivity index is 1.30. The van der Waals surface area contributed by atoms with E-state index in [4.69, 9.17) is 9.52 Å². The first kappa shape index (κ1) is 24.1. The minimum atomic E-state index is -1.22. The molecule has 4 rings (SSSR count). The fourth-order valence-electron chi connectivity index (χ4n) is 3.30. The summed E-state index contributed by atoms with van der Waals surface area (Å²) in [6.45, 7) is 0.0189. The van der Waals surface area contributed by atoms with Crippen molar-refractivity contribution in [3.63, 3.8) is 0 Å². The smallest absolute Gasteiger partial charge is 0.305 e. The van der Waals surface area contributed by atoms with E-state index in [1.54, 1.807) is 30.5 Å². The average Bonchev–Trinajstić information content (AvgIpc) is 3.36. The predicted molar refractivity (Wildman–Crippen MR) is 129 cm³/mol. The van der Waals surface area contributed by atoms with Crippen molar-refractivity contribution < 1.29 is 28.7 Å². The number of rotatable bonds is 10. The molecular weight excluding hydrogens is 466 g/mol. The lowest BCUT2D eigenvalue weighted by Gasteiger charge is -2.09. The van der Waals surface area contributed by atoms with Gasteiger partial charge < -0.3 is 30.3 Å². The predicted octanol–water partition coefficient (Wildman–Crippen LogP) is 2.67. The Kier molecular flexibility index (Phi) is 7.30. The summed E-state index contributed by atoms with van der Waals surface area (Å²) in [6, 6.07) is 16.0. The maximum Gasteiger partial charge on any atom is 0.305 e. The van der Waals surface area contributed by atoms with Gasteiger partial charge >= 0.3 is 5.97 Å². The lowest BCUT2D eigenvalue weighted by atomic mass is 10.2. The average molecular weight is 487 g/mol. The second kappa shape index (κ2) is 10.9. The molecule has 0 fully saturated rings.